The first-order valence-electron chi connectivity index (χ1n) is 8.41. The number of hydrogen-bond acceptors (Lipinski definition) is 4. The van der Waals surface area contributed by atoms with E-state index in [0.717, 1.165) is 5.56 Å². The van der Waals surface area contributed by atoms with Crippen LogP contribution in [0.2, 0.25) is 10.0 Å². The van der Waals surface area contributed by atoms with E-state index in [1.54, 1.807) is 23.1 Å². The lowest BCUT2D eigenvalue weighted by Crippen LogP contribution is -2.45. The summed E-state index contributed by atoms with van der Waals surface area (Å²) in [5, 5.41) is 4.79. The number of rotatable bonds is 4. The maximum Gasteiger partial charge on any atom is 0.256 e. The Labute approximate surface area is 167 Å². The molecular formula is C20H19Cl2N3O2. The first-order chi connectivity index (χ1) is 12.8. The SMILES string of the molecule is CC(C)(C)N(Cc1nc(-c2ccccc2)no1)C(=O)c1ccc(Cl)cc1Cl. The van der Waals surface area contributed by atoms with E-state index >= 15 is 0 Å². The lowest BCUT2D eigenvalue weighted by molar-refractivity contribution is 0.0526. The van der Waals surface area contributed by atoms with Crippen LogP contribution in [0.5, 0.6) is 0 Å². The Balaban J connectivity index is 1.88. The molecule has 0 saturated carbocycles. The quantitative estimate of drug-likeness (QED) is 0.578. The summed E-state index contributed by atoms with van der Waals surface area (Å²) in [6, 6.07) is 14.3. The fourth-order valence-corrected chi connectivity index (χ4v) is 3.07. The molecule has 0 unspecified atom stereocenters. The van der Waals surface area contributed by atoms with Crippen LogP contribution in [0.1, 0.15) is 37.0 Å². The molecule has 0 aliphatic carbocycles. The van der Waals surface area contributed by atoms with Crippen LogP contribution >= 0.6 is 23.2 Å². The van der Waals surface area contributed by atoms with Gasteiger partial charge in [0.1, 0.15) is 6.54 Å². The number of amides is 1. The van der Waals surface area contributed by atoms with E-state index in [0.29, 0.717) is 27.3 Å². The van der Waals surface area contributed by atoms with Gasteiger partial charge in [-0.1, -0.05) is 58.7 Å². The number of aromatic nitrogens is 2. The lowest BCUT2D eigenvalue weighted by Gasteiger charge is -2.34. The fraction of sp³-hybridized carbons (Fsp3) is 0.250. The Morgan fingerprint density at radius 2 is 1.81 bits per heavy atom. The molecule has 1 heterocycles. The van der Waals surface area contributed by atoms with E-state index in [1.165, 1.54) is 0 Å². The zero-order valence-corrected chi connectivity index (χ0v) is 16.8. The average Bonchev–Trinajstić information content (AvgIpc) is 3.08. The molecule has 3 aromatic rings. The number of carbonyl (C=O) groups excluding carboxylic acids is 1. The van der Waals surface area contributed by atoms with Crippen molar-refractivity contribution in [2.75, 3.05) is 0 Å². The Kier molecular flexibility index (Phi) is 5.53. The highest BCUT2D eigenvalue weighted by Crippen LogP contribution is 2.27. The average molecular weight is 404 g/mol. The Bertz CT molecular complexity index is 949. The van der Waals surface area contributed by atoms with Gasteiger partial charge in [-0.15, -0.1) is 0 Å². The van der Waals surface area contributed by atoms with Crippen LogP contribution in [0.4, 0.5) is 0 Å². The van der Waals surface area contributed by atoms with E-state index < -0.39 is 5.54 Å². The number of hydrogen-bond donors (Lipinski definition) is 0. The summed E-state index contributed by atoms with van der Waals surface area (Å²) in [5.74, 6) is 0.599. The van der Waals surface area contributed by atoms with Crippen LogP contribution in [-0.2, 0) is 6.54 Å². The third-order valence-electron chi connectivity index (χ3n) is 4.01. The Morgan fingerprint density at radius 3 is 2.44 bits per heavy atom. The van der Waals surface area contributed by atoms with Gasteiger partial charge in [-0.05, 0) is 39.0 Å². The molecule has 1 aromatic heterocycles. The summed E-state index contributed by atoms with van der Waals surface area (Å²) < 4.78 is 5.37. The highest BCUT2D eigenvalue weighted by Gasteiger charge is 2.30. The van der Waals surface area contributed by atoms with Gasteiger partial charge >= 0.3 is 0 Å². The van der Waals surface area contributed by atoms with Crippen molar-refractivity contribution < 1.29 is 9.32 Å². The summed E-state index contributed by atoms with van der Waals surface area (Å²) in [7, 11) is 0. The summed E-state index contributed by atoms with van der Waals surface area (Å²) in [5.41, 5.74) is 0.738. The molecule has 1 amide bonds. The van der Waals surface area contributed by atoms with Crippen molar-refractivity contribution in [3.8, 4) is 11.4 Å². The van der Waals surface area contributed by atoms with Crippen LogP contribution in [0, 0.1) is 0 Å². The predicted molar refractivity (Wildman–Crippen MR) is 106 cm³/mol. The molecule has 2 aromatic carbocycles. The topological polar surface area (TPSA) is 59.2 Å². The molecule has 7 heteroatoms. The van der Waals surface area contributed by atoms with Crippen molar-refractivity contribution >= 4 is 29.1 Å². The fourth-order valence-electron chi connectivity index (χ4n) is 2.58. The van der Waals surface area contributed by atoms with Crippen molar-refractivity contribution in [1.29, 1.82) is 0 Å². The van der Waals surface area contributed by atoms with Crippen molar-refractivity contribution in [1.82, 2.24) is 15.0 Å². The first kappa shape index (κ1) is 19.4. The second-order valence-electron chi connectivity index (χ2n) is 7.06. The Hall–Kier alpha value is -2.37. The lowest BCUT2D eigenvalue weighted by atomic mass is 10.0. The number of nitrogens with zero attached hydrogens (tertiary/aromatic N) is 3. The van der Waals surface area contributed by atoms with Crippen LogP contribution in [-0.4, -0.2) is 26.5 Å². The van der Waals surface area contributed by atoms with Gasteiger partial charge in [0.2, 0.25) is 11.7 Å². The largest absolute Gasteiger partial charge is 0.337 e. The number of carbonyl (C=O) groups is 1. The second kappa shape index (κ2) is 7.71. The van der Waals surface area contributed by atoms with Gasteiger partial charge in [0.05, 0.1) is 10.6 Å². The van der Waals surface area contributed by atoms with E-state index in [1.807, 2.05) is 51.1 Å². The van der Waals surface area contributed by atoms with E-state index in [-0.39, 0.29) is 12.5 Å². The molecule has 0 radical (unpaired) electrons. The standard InChI is InChI=1S/C20H19Cl2N3O2/c1-20(2,3)25(19(26)15-10-9-14(21)11-16(15)22)12-17-23-18(24-27-17)13-7-5-4-6-8-13/h4-11H,12H2,1-3H3. The molecular weight excluding hydrogens is 385 g/mol. The normalized spacial score (nSPS) is 11.4. The number of halogens is 2. The number of benzene rings is 2. The van der Waals surface area contributed by atoms with Gasteiger partial charge in [-0.2, -0.15) is 4.98 Å². The molecule has 0 spiro atoms. The van der Waals surface area contributed by atoms with E-state index in [2.05, 4.69) is 10.1 Å². The maximum atomic E-state index is 13.1. The monoisotopic (exact) mass is 403 g/mol. The molecule has 140 valence electrons. The molecule has 0 bridgehead atoms. The van der Waals surface area contributed by atoms with Gasteiger partial charge in [0.15, 0.2) is 0 Å². The molecule has 3 rings (SSSR count). The van der Waals surface area contributed by atoms with E-state index in [9.17, 15) is 4.79 Å². The predicted octanol–water partition coefficient (Wildman–Crippen LogP) is 5.48. The minimum atomic E-state index is -0.485. The molecule has 0 atom stereocenters. The van der Waals surface area contributed by atoms with E-state index in [4.69, 9.17) is 27.7 Å². The van der Waals surface area contributed by atoms with Gasteiger partial charge < -0.3 is 9.42 Å². The second-order valence-corrected chi connectivity index (χ2v) is 7.91. The summed E-state index contributed by atoms with van der Waals surface area (Å²) in [4.78, 5) is 19.2. The van der Waals surface area contributed by atoms with Crippen LogP contribution in [0.3, 0.4) is 0 Å². The molecule has 0 aliphatic heterocycles. The van der Waals surface area contributed by atoms with Crippen molar-refractivity contribution in [2.45, 2.75) is 32.9 Å². The molecule has 5 nitrogen and oxygen atoms in total. The third kappa shape index (κ3) is 4.49. The summed E-state index contributed by atoms with van der Waals surface area (Å²) in [6.45, 7) is 5.97. The smallest absolute Gasteiger partial charge is 0.256 e. The third-order valence-corrected chi connectivity index (χ3v) is 4.56. The molecule has 0 saturated heterocycles. The molecule has 0 fully saturated rings. The minimum absolute atomic E-state index is 0.168. The van der Waals surface area contributed by atoms with Crippen LogP contribution in [0.15, 0.2) is 53.1 Å². The molecule has 0 aliphatic rings. The highest BCUT2D eigenvalue weighted by atomic mass is 35.5. The zero-order valence-electron chi connectivity index (χ0n) is 15.2. The van der Waals surface area contributed by atoms with Crippen LogP contribution < -0.4 is 0 Å². The first-order valence-corrected chi connectivity index (χ1v) is 9.16. The molecule has 27 heavy (non-hydrogen) atoms. The van der Waals surface area contributed by atoms with Gasteiger partial charge in [-0.25, -0.2) is 0 Å². The van der Waals surface area contributed by atoms with Crippen molar-refractivity contribution in [3.63, 3.8) is 0 Å². The zero-order chi connectivity index (χ0) is 19.6. The summed E-state index contributed by atoms with van der Waals surface area (Å²) in [6.07, 6.45) is 0. The van der Waals surface area contributed by atoms with Crippen molar-refractivity contribution in [3.05, 3.63) is 70.0 Å². The summed E-state index contributed by atoms with van der Waals surface area (Å²) >= 11 is 12.2. The van der Waals surface area contributed by atoms with Gasteiger partial charge in [0.25, 0.3) is 5.91 Å². The van der Waals surface area contributed by atoms with Crippen molar-refractivity contribution in [2.24, 2.45) is 0 Å². The molecule has 0 N–H and O–H groups in total. The Morgan fingerprint density at radius 1 is 1.11 bits per heavy atom. The van der Waals surface area contributed by atoms with Gasteiger partial charge in [0, 0.05) is 16.1 Å². The maximum absolute atomic E-state index is 13.1. The highest BCUT2D eigenvalue weighted by molar-refractivity contribution is 6.36. The van der Waals surface area contributed by atoms with Gasteiger partial charge in [-0.3, -0.25) is 4.79 Å². The van der Waals surface area contributed by atoms with Crippen LogP contribution in [0.25, 0.3) is 11.4 Å². The minimum Gasteiger partial charge on any atom is -0.337 e.